The minimum Gasteiger partial charge on any atom is -0.481 e. The molecule has 0 spiro atoms. The molecule has 3 aliphatic carbocycles. The molecule has 1 aromatic carbocycles. The van der Waals surface area contributed by atoms with Crippen molar-refractivity contribution in [3.8, 4) is 0 Å². The number of ether oxygens (including phenoxy) is 1. The molecule has 1 saturated carbocycles. The van der Waals surface area contributed by atoms with Crippen molar-refractivity contribution in [1.29, 1.82) is 0 Å². The van der Waals surface area contributed by atoms with E-state index < -0.39 is 27.8 Å². The van der Waals surface area contributed by atoms with Gasteiger partial charge in [0.15, 0.2) is 0 Å². The van der Waals surface area contributed by atoms with Crippen LogP contribution < -0.4 is 5.32 Å². The van der Waals surface area contributed by atoms with Crippen molar-refractivity contribution in [2.24, 2.45) is 23.7 Å². The SMILES string of the molecule is O=C(O)C1C2C=CC(CC2)C1C(=O)Nc1cccc(S(=O)(=O)N2CCOCC2)c1. The average Bonchev–Trinajstić information content (AvgIpc) is 2.74. The fourth-order valence-electron chi connectivity index (χ4n) is 4.58. The summed E-state index contributed by atoms with van der Waals surface area (Å²) in [6, 6.07) is 6.11. The lowest BCUT2D eigenvalue weighted by Crippen LogP contribution is -2.47. The van der Waals surface area contributed by atoms with Crippen LogP contribution in [-0.2, 0) is 24.3 Å². The molecule has 4 aliphatic rings. The summed E-state index contributed by atoms with van der Waals surface area (Å²) in [5.41, 5.74) is 0.346. The summed E-state index contributed by atoms with van der Waals surface area (Å²) in [5, 5.41) is 12.4. The summed E-state index contributed by atoms with van der Waals surface area (Å²) in [6.07, 6.45) is 5.41. The van der Waals surface area contributed by atoms with E-state index in [1.54, 1.807) is 12.1 Å². The van der Waals surface area contributed by atoms with Gasteiger partial charge in [-0.05, 0) is 42.9 Å². The number of morpholine rings is 1. The Balaban J connectivity index is 1.54. The number of fused-ring (bicyclic) bond motifs is 2. The van der Waals surface area contributed by atoms with Crippen molar-refractivity contribution in [2.75, 3.05) is 31.6 Å². The molecule has 0 radical (unpaired) electrons. The maximum Gasteiger partial charge on any atom is 0.307 e. The van der Waals surface area contributed by atoms with Crippen LogP contribution >= 0.6 is 0 Å². The molecule has 2 N–H and O–H groups in total. The Morgan fingerprint density at radius 2 is 1.72 bits per heavy atom. The van der Waals surface area contributed by atoms with Gasteiger partial charge >= 0.3 is 5.97 Å². The van der Waals surface area contributed by atoms with Gasteiger partial charge in [0, 0.05) is 18.8 Å². The van der Waals surface area contributed by atoms with Crippen molar-refractivity contribution in [3.05, 3.63) is 36.4 Å². The summed E-state index contributed by atoms with van der Waals surface area (Å²) in [4.78, 5) is 24.8. The van der Waals surface area contributed by atoms with Crippen LogP contribution in [-0.4, -0.2) is 56.0 Å². The highest BCUT2D eigenvalue weighted by molar-refractivity contribution is 7.89. The number of carbonyl (C=O) groups excluding carboxylic acids is 1. The largest absolute Gasteiger partial charge is 0.481 e. The first-order valence-corrected chi connectivity index (χ1v) is 11.2. The predicted molar refractivity (Wildman–Crippen MR) is 105 cm³/mol. The molecule has 1 heterocycles. The van der Waals surface area contributed by atoms with E-state index in [0.717, 1.165) is 12.8 Å². The first-order valence-electron chi connectivity index (χ1n) is 9.78. The third-order valence-corrected chi connectivity index (χ3v) is 7.94. The molecule has 2 bridgehead atoms. The highest BCUT2D eigenvalue weighted by Gasteiger charge is 2.48. The molecular formula is C20H24N2O6S. The Kier molecular flexibility index (Phi) is 5.46. The van der Waals surface area contributed by atoms with Gasteiger partial charge in [0.2, 0.25) is 15.9 Å². The number of carboxylic acids is 1. The minimum atomic E-state index is -3.68. The predicted octanol–water partition coefficient (Wildman–Crippen LogP) is 1.56. The summed E-state index contributed by atoms with van der Waals surface area (Å²) < 4.78 is 32.3. The highest BCUT2D eigenvalue weighted by Crippen LogP contribution is 2.45. The topological polar surface area (TPSA) is 113 Å². The molecule has 1 amide bonds. The van der Waals surface area contributed by atoms with Crippen LogP contribution in [0.15, 0.2) is 41.3 Å². The maximum atomic E-state index is 13.0. The zero-order valence-electron chi connectivity index (χ0n) is 15.9. The number of hydrogen-bond acceptors (Lipinski definition) is 5. The quantitative estimate of drug-likeness (QED) is 0.699. The Labute approximate surface area is 169 Å². The van der Waals surface area contributed by atoms with Gasteiger partial charge in [0.1, 0.15) is 0 Å². The molecule has 1 aliphatic heterocycles. The number of nitrogens with zero attached hydrogens (tertiary/aromatic N) is 1. The number of rotatable bonds is 5. The molecule has 9 heteroatoms. The summed E-state index contributed by atoms with van der Waals surface area (Å²) in [7, 11) is -3.68. The van der Waals surface area contributed by atoms with Crippen LogP contribution in [0.4, 0.5) is 5.69 Å². The van der Waals surface area contributed by atoms with E-state index in [1.807, 2.05) is 12.2 Å². The molecule has 1 saturated heterocycles. The number of carboxylic acid groups (broad SMARTS) is 1. The second-order valence-corrected chi connectivity index (χ2v) is 9.65. The Bertz CT molecular complexity index is 938. The lowest BCUT2D eigenvalue weighted by atomic mass is 9.62. The molecule has 29 heavy (non-hydrogen) atoms. The number of sulfonamides is 1. The molecule has 4 unspecified atom stereocenters. The number of carbonyl (C=O) groups is 2. The van der Waals surface area contributed by atoms with Gasteiger partial charge in [0.05, 0.1) is 29.9 Å². The summed E-state index contributed by atoms with van der Waals surface area (Å²) in [5.74, 6) is -3.00. The maximum absolute atomic E-state index is 13.0. The van der Waals surface area contributed by atoms with E-state index in [4.69, 9.17) is 4.74 Å². The Hall–Kier alpha value is -2.23. The summed E-state index contributed by atoms with van der Waals surface area (Å²) in [6.45, 7) is 1.28. The average molecular weight is 420 g/mol. The Morgan fingerprint density at radius 1 is 1.07 bits per heavy atom. The van der Waals surface area contributed by atoms with Crippen molar-refractivity contribution in [2.45, 2.75) is 17.7 Å². The van der Waals surface area contributed by atoms with Gasteiger partial charge in [-0.15, -0.1) is 0 Å². The second kappa shape index (κ2) is 7.89. The number of hydrogen-bond donors (Lipinski definition) is 2. The number of aliphatic carboxylic acids is 1. The molecule has 156 valence electrons. The van der Waals surface area contributed by atoms with Gasteiger partial charge < -0.3 is 15.2 Å². The van der Waals surface area contributed by atoms with E-state index in [0.29, 0.717) is 18.9 Å². The van der Waals surface area contributed by atoms with Crippen molar-refractivity contribution >= 4 is 27.6 Å². The van der Waals surface area contributed by atoms with E-state index in [2.05, 4.69) is 5.32 Å². The van der Waals surface area contributed by atoms with Crippen LogP contribution in [0.25, 0.3) is 0 Å². The lowest BCUT2D eigenvalue weighted by molar-refractivity contribution is -0.151. The number of nitrogens with one attached hydrogen (secondary N) is 1. The molecule has 5 rings (SSSR count). The number of amides is 1. The van der Waals surface area contributed by atoms with Crippen LogP contribution in [0, 0.1) is 23.7 Å². The first kappa shape index (κ1) is 20.1. The lowest BCUT2D eigenvalue weighted by Gasteiger charge is -2.41. The molecule has 1 aromatic rings. The number of allylic oxidation sites excluding steroid dienone is 2. The molecule has 2 fully saturated rings. The van der Waals surface area contributed by atoms with Crippen molar-refractivity contribution in [1.82, 2.24) is 4.31 Å². The van der Waals surface area contributed by atoms with E-state index in [-0.39, 0.29) is 35.7 Å². The van der Waals surface area contributed by atoms with Crippen molar-refractivity contribution < 1.29 is 27.9 Å². The van der Waals surface area contributed by atoms with Crippen molar-refractivity contribution in [3.63, 3.8) is 0 Å². The molecule has 4 atom stereocenters. The van der Waals surface area contributed by atoms with Crippen LogP contribution in [0.3, 0.4) is 0 Å². The van der Waals surface area contributed by atoms with Crippen LogP contribution in [0.2, 0.25) is 0 Å². The highest BCUT2D eigenvalue weighted by atomic mass is 32.2. The third kappa shape index (κ3) is 3.82. The van der Waals surface area contributed by atoms with Gasteiger partial charge in [-0.3, -0.25) is 9.59 Å². The van der Waals surface area contributed by atoms with Crippen LogP contribution in [0.1, 0.15) is 12.8 Å². The van der Waals surface area contributed by atoms with E-state index >= 15 is 0 Å². The monoisotopic (exact) mass is 420 g/mol. The minimum absolute atomic E-state index is 0.0945. The Morgan fingerprint density at radius 3 is 2.34 bits per heavy atom. The molecule has 0 aromatic heterocycles. The summed E-state index contributed by atoms with van der Waals surface area (Å²) >= 11 is 0. The van der Waals surface area contributed by atoms with Gasteiger partial charge in [-0.2, -0.15) is 4.31 Å². The standard InChI is InChI=1S/C20H24N2O6S/c23-19(17-13-4-6-14(7-5-13)18(17)20(24)25)21-15-2-1-3-16(12-15)29(26,27)22-8-10-28-11-9-22/h1-4,6,12-14,17-18H,5,7-11H2,(H,21,23)(H,24,25). The van der Waals surface area contributed by atoms with Gasteiger partial charge in [-0.1, -0.05) is 18.2 Å². The number of benzene rings is 1. The zero-order chi connectivity index (χ0) is 20.6. The number of anilines is 1. The van der Waals surface area contributed by atoms with Crippen LogP contribution in [0.5, 0.6) is 0 Å². The smallest absolute Gasteiger partial charge is 0.307 e. The van der Waals surface area contributed by atoms with Gasteiger partial charge in [-0.25, -0.2) is 8.42 Å². The normalized spacial score (nSPS) is 29.5. The zero-order valence-corrected chi connectivity index (χ0v) is 16.7. The second-order valence-electron chi connectivity index (χ2n) is 7.71. The van der Waals surface area contributed by atoms with E-state index in [9.17, 15) is 23.1 Å². The first-order chi connectivity index (χ1) is 13.9. The molecular weight excluding hydrogens is 396 g/mol. The molecule has 8 nitrogen and oxygen atoms in total. The fourth-order valence-corrected chi connectivity index (χ4v) is 6.04. The fraction of sp³-hybridized carbons (Fsp3) is 0.500. The van der Waals surface area contributed by atoms with E-state index in [1.165, 1.54) is 16.4 Å². The van der Waals surface area contributed by atoms with Gasteiger partial charge in [0.25, 0.3) is 0 Å². The third-order valence-electron chi connectivity index (χ3n) is 6.05.